The van der Waals surface area contributed by atoms with E-state index in [-0.39, 0.29) is 5.76 Å². The van der Waals surface area contributed by atoms with Crippen molar-refractivity contribution in [3.63, 3.8) is 0 Å². The molecule has 100 valence electrons. The molecule has 0 radical (unpaired) electrons. The van der Waals surface area contributed by atoms with Crippen molar-refractivity contribution in [2.45, 2.75) is 12.8 Å². The van der Waals surface area contributed by atoms with Crippen molar-refractivity contribution in [2.24, 2.45) is 0 Å². The minimum absolute atomic E-state index is 0.0260. The van der Waals surface area contributed by atoms with E-state index in [1.807, 2.05) is 36.4 Å². The van der Waals surface area contributed by atoms with Crippen LogP contribution in [-0.2, 0) is 12.8 Å². The maximum atomic E-state index is 10.9. The van der Waals surface area contributed by atoms with E-state index < -0.39 is 5.97 Å². The Balaban J connectivity index is 1.80. The molecule has 3 aromatic rings. The summed E-state index contributed by atoms with van der Waals surface area (Å²) in [6, 6.07) is 13.2. The van der Waals surface area contributed by atoms with Crippen LogP contribution < -0.4 is 0 Å². The average molecular weight is 267 g/mol. The Labute approximate surface area is 115 Å². The van der Waals surface area contributed by atoms with Gasteiger partial charge in [-0.1, -0.05) is 18.2 Å². The summed E-state index contributed by atoms with van der Waals surface area (Å²) in [4.78, 5) is 15.1. The Kier molecular flexibility index (Phi) is 3.21. The lowest BCUT2D eigenvalue weighted by atomic mass is 10.1. The van der Waals surface area contributed by atoms with Crippen LogP contribution in [0.15, 0.2) is 53.1 Å². The third kappa shape index (κ3) is 2.54. The summed E-state index contributed by atoms with van der Waals surface area (Å²) in [5, 5.41) is 9.71. The summed E-state index contributed by atoms with van der Waals surface area (Å²) in [5.74, 6) is -1.07. The van der Waals surface area contributed by atoms with Crippen LogP contribution in [0.4, 0.5) is 0 Å². The molecule has 0 aliphatic rings. The molecule has 0 spiro atoms. The van der Waals surface area contributed by atoms with Crippen LogP contribution in [0.1, 0.15) is 21.8 Å². The second-order valence-corrected chi connectivity index (χ2v) is 4.61. The summed E-state index contributed by atoms with van der Waals surface area (Å²) in [5.41, 5.74) is 2.76. The van der Waals surface area contributed by atoms with Crippen molar-refractivity contribution in [2.75, 3.05) is 0 Å². The molecule has 0 bridgehead atoms. The molecule has 0 saturated heterocycles. The highest BCUT2D eigenvalue weighted by Crippen LogP contribution is 2.21. The zero-order chi connectivity index (χ0) is 13.9. The van der Waals surface area contributed by atoms with Gasteiger partial charge in [0.05, 0.1) is 0 Å². The number of carboxylic acids is 1. The van der Waals surface area contributed by atoms with Gasteiger partial charge >= 0.3 is 5.97 Å². The highest BCUT2D eigenvalue weighted by Gasteiger charge is 2.10. The van der Waals surface area contributed by atoms with Crippen LogP contribution in [-0.4, -0.2) is 16.1 Å². The number of aromatic carboxylic acids is 1. The Hall–Kier alpha value is -2.62. The van der Waals surface area contributed by atoms with Gasteiger partial charge in [-0.3, -0.25) is 4.98 Å². The molecule has 2 aromatic heterocycles. The van der Waals surface area contributed by atoms with E-state index in [1.54, 1.807) is 12.3 Å². The molecule has 20 heavy (non-hydrogen) atoms. The minimum atomic E-state index is -1.05. The van der Waals surface area contributed by atoms with E-state index >= 15 is 0 Å². The predicted molar refractivity (Wildman–Crippen MR) is 74.8 cm³/mol. The van der Waals surface area contributed by atoms with Crippen molar-refractivity contribution >= 4 is 16.9 Å². The van der Waals surface area contributed by atoms with Crippen molar-refractivity contribution in [1.82, 2.24) is 4.98 Å². The standard InChI is InChI=1S/C16H13NO3/c18-16(19)15-10-12-6-4-11(9-14(12)20-15)5-7-13-3-1-2-8-17-13/h1-4,6,8-10H,5,7H2,(H,18,19). The second kappa shape index (κ2) is 5.17. The molecule has 0 amide bonds. The predicted octanol–water partition coefficient (Wildman–Crippen LogP) is 3.31. The van der Waals surface area contributed by atoms with Crippen LogP contribution in [0.5, 0.6) is 0 Å². The molecule has 3 rings (SSSR count). The lowest BCUT2D eigenvalue weighted by Gasteiger charge is -2.01. The highest BCUT2D eigenvalue weighted by molar-refractivity contribution is 5.91. The molecule has 1 N–H and O–H groups in total. The van der Waals surface area contributed by atoms with Gasteiger partial charge < -0.3 is 9.52 Å². The fourth-order valence-corrected chi connectivity index (χ4v) is 2.15. The van der Waals surface area contributed by atoms with Gasteiger partial charge in [-0.2, -0.15) is 0 Å². The van der Waals surface area contributed by atoms with Crippen LogP contribution in [0, 0.1) is 0 Å². The largest absolute Gasteiger partial charge is 0.475 e. The SMILES string of the molecule is O=C(O)c1cc2ccc(CCc3ccccn3)cc2o1. The number of pyridine rings is 1. The number of benzene rings is 1. The number of carboxylic acid groups (broad SMARTS) is 1. The number of aryl methyl sites for hydroxylation is 2. The third-order valence-electron chi connectivity index (χ3n) is 3.19. The fraction of sp³-hybridized carbons (Fsp3) is 0.125. The molecule has 0 saturated carbocycles. The van der Waals surface area contributed by atoms with Gasteiger partial charge in [0.25, 0.3) is 0 Å². The maximum absolute atomic E-state index is 10.9. The lowest BCUT2D eigenvalue weighted by Crippen LogP contribution is -1.93. The van der Waals surface area contributed by atoms with E-state index in [9.17, 15) is 4.79 Å². The molecule has 0 unspecified atom stereocenters. The number of hydrogen-bond donors (Lipinski definition) is 1. The Bertz CT molecular complexity index is 747. The van der Waals surface area contributed by atoms with Gasteiger partial charge in [0, 0.05) is 17.3 Å². The maximum Gasteiger partial charge on any atom is 0.371 e. The molecule has 0 fully saturated rings. The number of carbonyl (C=O) groups is 1. The number of aromatic nitrogens is 1. The van der Waals surface area contributed by atoms with Crippen molar-refractivity contribution in [1.29, 1.82) is 0 Å². The number of rotatable bonds is 4. The van der Waals surface area contributed by atoms with Crippen LogP contribution in [0.2, 0.25) is 0 Å². The minimum Gasteiger partial charge on any atom is -0.475 e. The molecule has 0 atom stereocenters. The van der Waals surface area contributed by atoms with E-state index in [0.29, 0.717) is 5.58 Å². The first kappa shape index (κ1) is 12.4. The van der Waals surface area contributed by atoms with Crippen molar-refractivity contribution in [3.8, 4) is 0 Å². The van der Waals surface area contributed by atoms with Gasteiger partial charge in [-0.05, 0) is 42.7 Å². The number of hydrogen-bond acceptors (Lipinski definition) is 3. The van der Waals surface area contributed by atoms with E-state index in [2.05, 4.69) is 4.98 Å². The molecule has 4 nitrogen and oxygen atoms in total. The summed E-state index contributed by atoms with van der Waals surface area (Å²) < 4.78 is 5.31. The summed E-state index contributed by atoms with van der Waals surface area (Å²) >= 11 is 0. The Morgan fingerprint density at radius 2 is 2.05 bits per heavy atom. The first-order chi connectivity index (χ1) is 9.72. The summed E-state index contributed by atoms with van der Waals surface area (Å²) in [6.45, 7) is 0. The molecular formula is C16H13NO3. The average Bonchev–Trinajstić information content (AvgIpc) is 2.89. The van der Waals surface area contributed by atoms with Gasteiger partial charge in [-0.25, -0.2) is 4.79 Å². The first-order valence-corrected chi connectivity index (χ1v) is 6.38. The Morgan fingerprint density at radius 1 is 1.15 bits per heavy atom. The highest BCUT2D eigenvalue weighted by atomic mass is 16.4. The quantitative estimate of drug-likeness (QED) is 0.787. The van der Waals surface area contributed by atoms with E-state index in [4.69, 9.17) is 9.52 Å². The molecule has 4 heteroatoms. The topological polar surface area (TPSA) is 63.3 Å². The van der Waals surface area contributed by atoms with Crippen LogP contribution >= 0.6 is 0 Å². The number of furan rings is 1. The fourth-order valence-electron chi connectivity index (χ4n) is 2.15. The van der Waals surface area contributed by atoms with Gasteiger partial charge in [0.1, 0.15) is 5.58 Å². The molecule has 0 aliphatic carbocycles. The number of fused-ring (bicyclic) bond motifs is 1. The zero-order valence-corrected chi connectivity index (χ0v) is 10.7. The second-order valence-electron chi connectivity index (χ2n) is 4.61. The van der Waals surface area contributed by atoms with Gasteiger partial charge in [0.2, 0.25) is 5.76 Å². The molecule has 1 aromatic carbocycles. The van der Waals surface area contributed by atoms with Crippen molar-refractivity contribution in [3.05, 3.63) is 65.7 Å². The molecular weight excluding hydrogens is 254 g/mol. The van der Waals surface area contributed by atoms with Gasteiger partial charge in [0.15, 0.2) is 0 Å². The van der Waals surface area contributed by atoms with Crippen LogP contribution in [0.25, 0.3) is 11.0 Å². The summed E-state index contributed by atoms with van der Waals surface area (Å²) in [6.07, 6.45) is 3.47. The summed E-state index contributed by atoms with van der Waals surface area (Å²) in [7, 11) is 0. The molecule has 2 heterocycles. The van der Waals surface area contributed by atoms with Crippen LogP contribution in [0.3, 0.4) is 0 Å². The van der Waals surface area contributed by atoms with E-state index in [1.165, 1.54) is 0 Å². The van der Waals surface area contributed by atoms with Crippen molar-refractivity contribution < 1.29 is 14.3 Å². The van der Waals surface area contributed by atoms with Gasteiger partial charge in [-0.15, -0.1) is 0 Å². The number of nitrogens with zero attached hydrogens (tertiary/aromatic N) is 1. The lowest BCUT2D eigenvalue weighted by molar-refractivity contribution is 0.0665. The normalized spacial score (nSPS) is 10.8. The zero-order valence-electron chi connectivity index (χ0n) is 10.7. The molecule has 0 aliphatic heterocycles. The third-order valence-corrected chi connectivity index (χ3v) is 3.19. The smallest absolute Gasteiger partial charge is 0.371 e. The first-order valence-electron chi connectivity index (χ1n) is 6.38. The van der Waals surface area contributed by atoms with E-state index in [0.717, 1.165) is 29.5 Å². The Morgan fingerprint density at radius 3 is 2.80 bits per heavy atom. The monoisotopic (exact) mass is 267 g/mol.